The van der Waals surface area contributed by atoms with E-state index in [1.54, 1.807) is 0 Å². The Morgan fingerprint density at radius 3 is 3.00 bits per heavy atom. The molecule has 0 radical (unpaired) electrons. The Balaban J connectivity index is 2.40. The first-order valence-corrected chi connectivity index (χ1v) is 5.30. The molecule has 1 aliphatic carbocycles. The lowest BCUT2D eigenvalue weighted by Gasteiger charge is -2.01. The first kappa shape index (κ1) is 9.97. The van der Waals surface area contributed by atoms with Crippen molar-refractivity contribution in [2.24, 2.45) is 0 Å². The molecule has 1 aliphatic rings. The minimum Gasteiger partial charge on any atom is -0.361 e. The maximum absolute atomic E-state index is 5.24. The Morgan fingerprint density at radius 1 is 1.33 bits per heavy atom. The van der Waals surface area contributed by atoms with Gasteiger partial charge in [0.05, 0.1) is 0 Å². The summed E-state index contributed by atoms with van der Waals surface area (Å²) in [6, 6.07) is 0. The Kier molecular flexibility index (Phi) is 2.86. The second kappa shape index (κ2) is 4.30. The van der Waals surface area contributed by atoms with Crippen LogP contribution in [0.3, 0.4) is 0 Å². The van der Waals surface area contributed by atoms with Crippen LogP contribution in [0.4, 0.5) is 0 Å². The fourth-order valence-corrected chi connectivity index (χ4v) is 1.81. The van der Waals surface area contributed by atoms with Crippen LogP contribution in [0.1, 0.15) is 30.4 Å². The molecule has 78 valence electrons. The first-order chi connectivity index (χ1) is 7.33. The van der Waals surface area contributed by atoms with Crippen LogP contribution in [-0.2, 0) is 6.42 Å². The smallest absolute Gasteiger partial charge is 0.137 e. The van der Waals surface area contributed by atoms with E-state index in [-0.39, 0.29) is 0 Å². The summed E-state index contributed by atoms with van der Waals surface area (Å²) in [6.07, 6.45) is 12.3. The highest BCUT2D eigenvalue weighted by Gasteiger charge is 2.13. The molecule has 2 heteroatoms. The number of allylic oxidation sites excluding steroid dienone is 6. The molecule has 0 unspecified atom stereocenters. The maximum atomic E-state index is 5.24. The van der Waals surface area contributed by atoms with Crippen molar-refractivity contribution in [1.82, 2.24) is 5.16 Å². The number of nitrogens with zero attached hydrogens (tertiary/aromatic N) is 1. The van der Waals surface area contributed by atoms with Crippen molar-refractivity contribution in [2.75, 3.05) is 0 Å². The van der Waals surface area contributed by atoms with Gasteiger partial charge in [-0.05, 0) is 25.3 Å². The van der Waals surface area contributed by atoms with E-state index in [1.807, 2.05) is 19.1 Å². The minimum atomic E-state index is 0.923. The highest BCUT2D eigenvalue weighted by atomic mass is 16.5. The molecule has 0 saturated carbocycles. The van der Waals surface area contributed by atoms with Gasteiger partial charge in [-0.3, -0.25) is 0 Å². The van der Waals surface area contributed by atoms with Gasteiger partial charge < -0.3 is 4.52 Å². The zero-order chi connectivity index (χ0) is 10.7. The summed E-state index contributed by atoms with van der Waals surface area (Å²) in [7, 11) is 0. The molecule has 0 aliphatic heterocycles. The molecule has 2 nitrogen and oxygen atoms in total. The molecule has 1 aromatic heterocycles. The second-order valence-corrected chi connectivity index (χ2v) is 3.63. The molecule has 0 bridgehead atoms. The van der Waals surface area contributed by atoms with Gasteiger partial charge >= 0.3 is 0 Å². The third-order valence-corrected chi connectivity index (χ3v) is 2.64. The lowest BCUT2D eigenvalue weighted by atomic mass is 10.0. The van der Waals surface area contributed by atoms with E-state index in [9.17, 15) is 0 Å². The van der Waals surface area contributed by atoms with Crippen molar-refractivity contribution in [2.45, 2.75) is 26.7 Å². The first-order valence-electron chi connectivity index (χ1n) is 5.30. The lowest BCUT2D eigenvalue weighted by Crippen LogP contribution is -1.90. The number of rotatable bonds is 2. The largest absolute Gasteiger partial charge is 0.361 e. The van der Waals surface area contributed by atoms with E-state index in [1.165, 1.54) is 11.1 Å². The third kappa shape index (κ3) is 1.94. The van der Waals surface area contributed by atoms with Crippen molar-refractivity contribution < 1.29 is 4.52 Å². The zero-order valence-electron chi connectivity index (χ0n) is 9.16. The fourth-order valence-electron chi connectivity index (χ4n) is 1.81. The van der Waals surface area contributed by atoms with Gasteiger partial charge in [0, 0.05) is 5.56 Å². The van der Waals surface area contributed by atoms with Crippen molar-refractivity contribution in [3.8, 4) is 0 Å². The average Bonchev–Trinajstić information content (AvgIpc) is 2.48. The monoisotopic (exact) mass is 201 g/mol. The van der Waals surface area contributed by atoms with Gasteiger partial charge in [0.15, 0.2) is 0 Å². The molecule has 1 heterocycles. The van der Waals surface area contributed by atoms with Crippen LogP contribution >= 0.6 is 0 Å². The van der Waals surface area contributed by atoms with Gasteiger partial charge in [-0.25, -0.2) is 0 Å². The van der Waals surface area contributed by atoms with Gasteiger partial charge in [0.1, 0.15) is 11.5 Å². The molecule has 0 fully saturated rings. The zero-order valence-corrected chi connectivity index (χ0v) is 9.16. The van der Waals surface area contributed by atoms with E-state index in [2.05, 4.69) is 30.3 Å². The molecule has 0 aromatic carbocycles. The van der Waals surface area contributed by atoms with Crippen molar-refractivity contribution in [3.63, 3.8) is 0 Å². The van der Waals surface area contributed by atoms with Gasteiger partial charge in [-0.2, -0.15) is 0 Å². The summed E-state index contributed by atoms with van der Waals surface area (Å²) >= 11 is 0. The molecule has 0 spiro atoms. The Morgan fingerprint density at radius 2 is 2.20 bits per heavy atom. The van der Waals surface area contributed by atoms with Crippen LogP contribution in [0.5, 0.6) is 0 Å². The van der Waals surface area contributed by atoms with Gasteiger partial charge in [0.25, 0.3) is 0 Å². The van der Waals surface area contributed by atoms with Crippen molar-refractivity contribution >= 4 is 5.57 Å². The number of hydrogen-bond acceptors (Lipinski definition) is 2. The topological polar surface area (TPSA) is 26.0 Å². The fraction of sp³-hybridized carbons (Fsp3) is 0.308. The highest BCUT2D eigenvalue weighted by Crippen LogP contribution is 2.25. The van der Waals surface area contributed by atoms with Crippen LogP contribution in [0, 0.1) is 6.92 Å². The number of hydrogen-bond donors (Lipinski definition) is 0. The summed E-state index contributed by atoms with van der Waals surface area (Å²) in [5, 5.41) is 4.14. The van der Waals surface area contributed by atoms with Gasteiger partial charge in [-0.15, -0.1) is 0 Å². The van der Waals surface area contributed by atoms with Crippen molar-refractivity contribution in [1.29, 1.82) is 0 Å². The quantitative estimate of drug-likeness (QED) is 0.732. The normalized spacial score (nSPS) is 15.2. The average molecular weight is 201 g/mol. The molecule has 2 rings (SSSR count). The molecular formula is C13H15NO. The van der Waals surface area contributed by atoms with Gasteiger partial charge in [0.2, 0.25) is 0 Å². The Bertz CT molecular complexity index is 435. The molecule has 1 aromatic rings. The highest BCUT2D eigenvalue weighted by molar-refractivity contribution is 5.68. The van der Waals surface area contributed by atoms with Gasteiger partial charge in [-0.1, -0.05) is 42.5 Å². The molecule has 0 amide bonds. The molecule has 15 heavy (non-hydrogen) atoms. The summed E-state index contributed by atoms with van der Waals surface area (Å²) < 4.78 is 5.24. The molecule has 0 N–H and O–H groups in total. The Labute approximate surface area is 90.0 Å². The maximum Gasteiger partial charge on any atom is 0.137 e. The van der Waals surface area contributed by atoms with Crippen LogP contribution in [0.2, 0.25) is 0 Å². The predicted molar refractivity (Wildman–Crippen MR) is 61.5 cm³/mol. The van der Waals surface area contributed by atoms with Crippen LogP contribution in [0.15, 0.2) is 34.9 Å². The van der Waals surface area contributed by atoms with E-state index in [4.69, 9.17) is 4.52 Å². The second-order valence-electron chi connectivity index (χ2n) is 3.63. The number of aromatic nitrogens is 1. The summed E-state index contributed by atoms with van der Waals surface area (Å²) in [4.78, 5) is 0. The van der Waals surface area contributed by atoms with E-state index < -0.39 is 0 Å². The van der Waals surface area contributed by atoms with E-state index >= 15 is 0 Å². The third-order valence-electron chi connectivity index (χ3n) is 2.64. The summed E-state index contributed by atoms with van der Waals surface area (Å²) in [6.45, 7) is 4.10. The lowest BCUT2D eigenvalue weighted by molar-refractivity contribution is 0.394. The van der Waals surface area contributed by atoms with Crippen LogP contribution in [-0.4, -0.2) is 5.16 Å². The number of aryl methyl sites for hydroxylation is 1. The molecule has 0 atom stereocenters. The molecule has 0 saturated heterocycles. The Hall–Kier alpha value is -1.57. The van der Waals surface area contributed by atoms with Crippen LogP contribution < -0.4 is 0 Å². The van der Waals surface area contributed by atoms with Crippen LogP contribution in [0.25, 0.3) is 5.57 Å². The van der Waals surface area contributed by atoms with Crippen molar-refractivity contribution in [3.05, 3.63) is 47.4 Å². The predicted octanol–water partition coefficient (Wildman–Crippen LogP) is 3.44. The van der Waals surface area contributed by atoms with E-state index in [0.717, 1.165) is 24.3 Å². The standard InChI is InChI=1S/C13H15NO/c1-3-12-10(2)15-14-13(12)11-8-6-4-5-7-9-11/h4-8H,3,9H2,1-2H3. The SMILES string of the molecule is CCc1c(C2=CC=CC=CC2)noc1C. The summed E-state index contributed by atoms with van der Waals surface area (Å²) in [5.41, 5.74) is 3.48. The van der Waals surface area contributed by atoms with E-state index in [0.29, 0.717) is 0 Å². The minimum absolute atomic E-state index is 0.923. The molecular weight excluding hydrogens is 186 g/mol. The summed E-state index contributed by atoms with van der Waals surface area (Å²) in [5.74, 6) is 0.936.